The molecule has 130 valence electrons. The van der Waals surface area contributed by atoms with Crippen molar-refractivity contribution >= 4 is 11.8 Å². The van der Waals surface area contributed by atoms with Gasteiger partial charge in [-0.05, 0) is 24.6 Å². The smallest absolute Gasteiger partial charge is 0.254 e. The number of hydrogen-bond acceptors (Lipinski definition) is 4. The number of rotatable bonds is 2. The molecule has 7 heteroatoms. The fourth-order valence-electron chi connectivity index (χ4n) is 3.07. The Balaban J connectivity index is 1.60. The van der Waals surface area contributed by atoms with Crippen molar-refractivity contribution < 1.29 is 18.7 Å². The van der Waals surface area contributed by atoms with E-state index in [1.165, 1.54) is 18.2 Å². The second-order valence-electron chi connectivity index (χ2n) is 6.04. The van der Waals surface area contributed by atoms with Crippen molar-refractivity contribution in [2.75, 3.05) is 45.9 Å². The molecule has 0 bridgehead atoms. The summed E-state index contributed by atoms with van der Waals surface area (Å²) >= 11 is 0. The highest BCUT2D eigenvalue weighted by Gasteiger charge is 2.29. The maximum Gasteiger partial charge on any atom is 0.254 e. The lowest BCUT2D eigenvalue weighted by Crippen LogP contribution is -2.50. The summed E-state index contributed by atoms with van der Waals surface area (Å²) in [7, 11) is 0. The van der Waals surface area contributed by atoms with Gasteiger partial charge in [0.2, 0.25) is 0 Å². The Morgan fingerprint density at radius 1 is 1.17 bits per heavy atom. The van der Waals surface area contributed by atoms with Gasteiger partial charge in [0.25, 0.3) is 11.8 Å². The van der Waals surface area contributed by atoms with Crippen LogP contribution >= 0.6 is 0 Å². The Bertz CT molecular complexity index is 604. The zero-order valence-electron chi connectivity index (χ0n) is 13.5. The first kappa shape index (κ1) is 16.9. The van der Waals surface area contributed by atoms with E-state index in [0.29, 0.717) is 51.3 Å². The van der Waals surface area contributed by atoms with E-state index in [1.807, 2.05) is 0 Å². The second-order valence-corrected chi connectivity index (χ2v) is 6.04. The van der Waals surface area contributed by atoms with E-state index in [9.17, 15) is 14.0 Å². The van der Waals surface area contributed by atoms with Crippen molar-refractivity contribution in [2.24, 2.45) is 0 Å². The molecule has 6 nitrogen and oxygen atoms in total. The molecule has 24 heavy (non-hydrogen) atoms. The molecule has 1 aromatic carbocycles. The van der Waals surface area contributed by atoms with E-state index >= 15 is 0 Å². The number of benzene rings is 1. The SMILES string of the molecule is O=C(c1cccc(F)c1)N1CCCN(C(=O)C2CNCCO2)CC1. The summed E-state index contributed by atoms with van der Waals surface area (Å²) in [6.07, 6.45) is 0.261. The molecule has 0 radical (unpaired) electrons. The topological polar surface area (TPSA) is 61.9 Å². The van der Waals surface area contributed by atoms with E-state index in [1.54, 1.807) is 15.9 Å². The molecule has 2 aliphatic heterocycles. The van der Waals surface area contributed by atoms with Gasteiger partial charge in [0.15, 0.2) is 0 Å². The predicted molar refractivity (Wildman–Crippen MR) is 86.1 cm³/mol. The third kappa shape index (κ3) is 3.91. The van der Waals surface area contributed by atoms with Crippen molar-refractivity contribution in [2.45, 2.75) is 12.5 Å². The maximum absolute atomic E-state index is 13.3. The van der Waals surface area contributed by atoms with Crippen LogP contribution in [-0.2, 0) is 9.53 Å². The molecule has 2 heterocycles. The Kier molecular flexibility index (Phi) is 5.42. The van der Waals surface area contributed by atoms with E-state index in [4.69, 9.17) is 4.74 Å². The lowest BCUT2D eigenvalue weighted by Gasteiger charge is -2.29. The van der Waals surface area contributed by atoms with Crippen LogP contribution in [0, 0.1) is 5.82 Å². The lowest BCUT2D eigenvalue weighted by atomic mass is 10.2. The van der Waals surface area contributed by atoms with Crippen LogP contribution in [0.3, 0.4) is 0 Å². The van der Waals surface area contributed by atoms with Crippen LogP contribution < -0.4 is 5.32 Å². The van der Waals surface area contributed by atoms with E-state index in [2.05, 4.69) is 5.32 Å². The summed E-state index contributed by atoms with van der Waals surface area (Å²) < 4.78 is 18.8. The van der Waals surface area contributed by atoms with Gasteiger partial charge in [-0.2, -0.15) is 0 Å². The zero-order valence-corrected chi connectivity index (χ0v) is 13.5. The molecule has 0 spiro atoms. The molecule has 0 saturated carbocycles. The van der Waals surface area contributed by atoms with Gasteiger partial charge in [0.05, 0.1) is 6.61 Å². The summed E-state index contributed by atoms with van der Waals surface area (Å²) in [5.41, 5.74) is 0.342. The van der Waals surface area contributed by atoms with Crippen molar-refractivity contribution in [3.8, 4) is 0 Å². The molecule has 1 atom stereocenters. The highest BCUT2D eigenvalue weighted by molar-refractivity contribution is 5.94. The minimum Gasteiger partial charge on any atom is -0.366 e. The van der Waals surface area contributed by atoms with Gasteiger partial charge >= 0.3 is 0 Å². The third-order valence-electron chi connectivity index (χ3n) is 4.37. The fourth-order valence-corrected chi connectivity index (χ4v) is 3.07. The highest BCUT2D eigenvalue weighted by atomic mass is 19.1. The first-order chi connectivity index (χ1) is 11.6. The molecular weight excluding hydrogens is 313 g/mol. The lowest BCUT2D eigenvalue weighted by molar-refractivity contribution is -0.145. The predicted octanol–water partition coefficient (Wildman–Crippen LogP) is 0.489. The number of hydrogen-bond donors (Lipinski definition) is 1. The quantitative estimate of drug-likeness (QED) is 0.854. The van der Waals surface area contributed by atoms with Crippen molar-refractivity contribution in [1.82, 2.24) is 15.1 Å². The first-order valence-electron chi connectivity index (χ1n) is 8.31. The normalized spacial score (nSPS) is 22.1. The van der Waals surface area contributed by atoms with Crippen molar-refractivity contribution in [1.29, 1.82) is 0 Å². The van der Waals surface area contributed by atoms with Crippen molar-refractivity contribution in [3.05, 3.63) is 35.6 Å². The summed E-state index contributed by atoms with van der Waals surface area (Å²) in [6, 6.07) is 5.71. The number of halogens is 1. The van der Waals surface area contributed by atoms with Crippen LogP contribution in [-0.4, -0.2) is 73.6 Å². The monoisotopic (exact) mass is 335 g/mol. The molecule has 3 rings (SSSR count). The van der Waals surface area contributed by atoms with Gasteiger partial charge in [0.1, 0.15) is 11.9 Å². The molecule has 1 N–H and O–H groups in total. The average molecular weight is 335 g/mol. The van der Waals surface area contributed by atoms with Gasteiger partial charge in [-0.25, -0.2) is 4.39 Å². The largest absolute Gasteiger partial charge is 0.366 e. The Hall–Kier alpha value is -1.99. The van der Waals surface area contributed by atoms with Crippen LogP contribution in [0.25, 0.3) is 0 Å². The number of ether oxygens (including phenoxy) is 1. The molecule has 0 aromatic heterocycles. The van der Waals surface area contributed by atoms with Gasteiger partial charge in [-0.3, -0.25) is 9.59 Å². The van der Waals surface area contributed by atoms with Gasteiger partial charge < -0.3 is 19.9 Å². The van der Waals surface area contributed by atoms with Crippen LogP contribution in [0.5, 0.6) is 0 Å². The summed E-state index contributed by atoms with van der Waals surface area (Å²) in [4.78, 5) is 28.5. The average Bonchev–Trinajstić information content (AvgIpc) is 2.87. The minimum atomic E-state index is -0.441. The molecule has 1 unspecified atom stereocenters. The Morgan fingerprint density at radius 3 is 2.71 bits per heavy atom. The molecule has 2 aliphatic rings. The fraction of sp³-hybridized carbons (Fsp3) is 0.529. The highest BCUT2D eigenvalue weighted by Crippen LogP contribution is 2.12. The summed E-state index contributed by atoms with van der Waals surface area (Å²) in [5.74, 6) is -0.643. The minimum absolute atomic E-state index is 0.0257. The standard InChI is InChI=1S/C17H22FN3O3/c18-14-4-1-3-13(11-14)16(22)20-6-2-7-21(9-8-20)17(23)15-12-19-5-10-24-15/h1,3-4,11,15,19H,2,5-10,12H2. The van der Waals surface area contributed by atoms with Crippen LogP contribution in [0.4, 0.5) is 4.39 Å². The molecule has 2 amide bonds. The maximum atomic E-state index is 13.3. The van der Waals surface area contributed by atoms with Crippen LogP contribution in [0.2, 0.25) is 0 Å². The van der Waals surface area contributed by atoms with Crippen LogP contribution in [0.15, 0.2) is 24.3 Å². The molecule has 2 fully saturated rings. The Labute approximate surface area is 140 Å². The molecule has 1 aromatic rings. The molecule has 2 saturated heterocycles. The summed E-state index contributed by atoms with van der Waals surface area (Å²) in [5, 5.41) is 3.15. The number of nitrogens with one attached hydrogen (secondary N) is 1. The van der Waals surface area contributed by atoms with E-state index in [-0.39, 0.29) is 11.8 Å². The number of carbonyl (C=O) groups is 2. The number of amides is 2. The van der Waals surface area contributed by atoms with E-state index < -0.39 is 11.9 Å². The first-order valence-corrected chi connectivity index (χ1v) is 8.31. The second kappa shape index (κ2) is 7.72. The molecular formula is C17H22FN3O3. The summed E-state index contributed by atoms with van der Waals surface area (Å²) in [6.45, 7) is 3.91. The number of nitrogens with zero attached hydrogens (tertiary/aromatic N) is 2. The third-order valence-corrected chi connectivity index (χ3v) is 4.37. The van der Waals surface area contributed by atoms with Crippen molar-refractivity contribution in [3.63, 3.8) is 0 Å². The zero-order chi connectivity index (χ0) is 16.9. The molecule has 0 aliphatic carbocycles. The Morgan fingerprint density at radius 2 is 1.96 bits per heavy atom. The van der Waals surface area contributed by atoms with Gasteiger partial charge in [0, 0.05) is 44.8 Å². The van der Waals surface area contributed by atoms with Gasteiger partial charge in [-0.15, -0.1) is 0 Å². The number of carbonyl (C=O) groups excluding carboxylic acids is 2. The van der Waals surface area contributed by atoms with Gasteiger partial charge in [-0.1, -0.05) is 6.07 Å². The van der Waals surface area contributed by atoms with Crippen LogP contribution in [0.1, 0.15) is 16.8 Å². The number of morpholine rings is 1. The van der Waals surface area contributed by atoms with E-state index in [0.717, 1.165) is 6.54 Å².